The Kier molecular flexibility index (Phi) is 1.68. The number of aryl methyl sites for hydroxylation is 1. The van der Waals surface area contributed by atoms with Gasteiger partial charge < -0.3 is 0 Å². The molecule has 2 heteroatoms. The molecule has 0 unspecified atom stereocenters. The van der Waals surface area contributed by atoms with Gasteiger partial charge in [-0.3, -0.25) is 0 Å². The molecule has 1 rings (SSSR count). The van der Waals surface area contributed by atoms with E-state index in [9.17, 15) is 0 Å². The lowest BCUT2D eigenvalue weighted by Crippen LogP contribution is -2.47. The maximum atomic E-state index is 5.55. The highest BCUT2D eigenvalue weighted by atomic mass is 15.3. The molecule has 0 saturated carbocycles. The third kappa shape index (κ3) is 1.19. The largest absolute Gasteiger partial charge is 0.211 e. The van der Waals surface area contributed by atoms with Crippen LogP contribution in [0.25, 0.3) is 0 Å². The van der Waals surface area contributed by atoms with Crippen LogP contribution in [0.4, 0.5) is 0 Å². The monoisotopic (exact) mass is 123 g/mol. The third-order valence-corrected chi connectivity index (χ3v) is 1.34. The molecule has 0 aromatic carbocycles. The van der Waals surface area contributed by atoms with Gasteiger partial charge in [-0.1, -0.05) is 11.6 Å². The lowest BCUT2D eigenvalue weighted by molar-refractivity contribution is -0.646. The summed E-state index contributed by atoms with van der Waals surface area (Å²) in [6.45, 7) is 2.08. The molecule has 0 aliphatic carbocycles. The molecule has 48 valence electrons. The minimum atomic E-state index is 0.983. The Morgan fingerprint density at radius 1 is 1.56 bits per heavy atom. The van der Waals surface area contributed by atoms with Crippen LogP contribution in [-0.2, 0) is 6.42 Å². The molecule has 0 bridgehead atoms. The second-order valence-electron chi connectivity index (χ2n) is 1.95. The van der Waals surface area contributed by atoms with Gasteiger partial charge >= 0.3 is 0 Å². The van der Waals surface area contributed by atoms with Gasteiger partial charge in [0.15, 0.2) is 6.20 Å². The van der Waals surface area contributed by atoms with Crippen molar-refractivity contribution >= 4 is 0 Å². The first-order valence-corrected chi connectivity index (χ1v) is 3.09. The van der Waals surface area contributed by atoms with Crippen LogP contribution in [0, 0.1) is 0 Å². The maximum Gasteiger partial charge on any atom is 0.211 e. The molecule has 0 aliphatic heterocycles. The van der Waals surface area contributed by atoms with Gasteiger partial charge in [0.25, 0.3) is 0 Å². The average molecular weight is 123 g/mol. The van der Waals surface area contributed by atoms with E-state index >= 15 is 0 Å². The van der Waals surface area contributed by atoms with Gasteiger partial charge in [-0.05, 0) is 6.07 Å². The molecule has 0 aliphatic rings. The molecular formula is C7H11N2+. The Hall–Kier alpha value is -1.05. The number of nitrogen functional groups attached to an aromatic ring is 1. The highest BCUT2D eigenvalue weighted by Crippen LogP contribution is 1.88. The highest BCUT2D eigenvalue weighted by molar-refractivity contribution is 4.96. The van der Waals surface area contributed by atoms with Crippen LogP contribution in [0.2, 0.25) is 0 Å². The van der Waals surface area contributed by atoms with E-state index in [0.717, 1.165) is 12.1 Å². The van der Waals surface area contributed by atoms with Crippen molar-refractivity contribution in [2.45, 2.75) is 13.3 Å². The van der Waals surface area contributed by atoms with E-state index in [4.69, 9.17) is 5.84 Å². The summed E-state index contributed by atoms with van der Waals surface area (Å²) in [5.41, 5.74) is 1.15. The van der Waals surface area contributed by atoms with Crippen molar-refractivity contribution in [3.05, 3.63) is 30.1 Å². The van der Waals surface area contributed by atoms with Crippen molar-refractivity contribution in [3.8, 4) is 0 Å². The zero-order valence-electron chi connectivity index (χ0n) is 5.54. The Bertz CT molecular complexity index is 196. The van der Waals surface area contributed by atoms with Crippen LogP contribution in [0.1, 0.15) is 12.6 Å². The third-order valence-electron chi connectivity index (χ3n) is 1.34. The van der Waals surface area contributed by atoms with E-state index in [1.807, 2.05) is 24.4 Å². The second kappa shape index (κ2) is 2.49. The van der Waals surface area contributed by atoms with Crippen LogP contribution < -0.4 is 10.5 Å². The summed E-state index contributed by atoms with van der Waals surface area (Å²) in [4.78, 5) is 0. The Labute approximate surface area is 54.9 Å². The topological polar surface area (TPSA) is 29.9 Å². The molecule has 2 N–H and O–H groups in total. The van der Waals surface area contributed by atoms with Crippen LogP contribution >= 0.6 is 0 Å². The SMILES string of the molecule is CCc1cccc[n+]1N. The van der Waals surface area contributed by atoms with Gasteiger partial charge in [-0.25, -0.2) is 5.84 Å². The molecule has 1 aromatic heterocycles. The average Bonchev–Trinajstić information content (AvgIpc) is 1.89. The van der Waals surface area contributed by atoms with Crippen molar-refractivity contribution in [3.63, 3.8) is 0 Å². The van der Waals surface area contributed by atoms with E-state index in [1.165, 1.54) is 0 Å². The quantitative estimate of drug-likeness (QED) is 0.421. The van der Waals surface area contributed by atoms with E-state index in [1.54, 1.807) is 4.68 Å². The molecule has 1 aromatic rings. The zero-order valence-corrected chi connectivity index (χ0v) is 5.54. The molecular weight excluding hydrogens is 112 g/mol. The molecule has 0 amide bonds. The van der Waals surface area contributed by atoms with Gasteiger partial charge in [0.1, 0.15) is 0 Å². The summed E-state index contributed by atoms with van der Waals surface area (Å²) in [6.07, 6.45) is 2.83. The fourth-order valence-electron chi connectivity index (χ4n) is 0.791. The summed E-state index contributed by atoms with van der Waals surface area (Å²) in [6, 6.07) is 5.92. The first kappa shape index (κ1) is 6.08. The molecule has 0 atom stereocenters. The number of rotatable bonds is 1. The molecule has 0 saturated heterocycles. The summed E-state index contributed by atoms with van der Waals surface area (Å²) in [5, 5.41) is 0. The standard InChI is InChI=1S/C7H11N2/c1-2-7-5-3-4-6-9(7)8/h3-6H,2,8H2,1H3/q+1. The van der Waals surface area contributed by atoms with Crippen molar-refractivity contribution in [2.24, 2.45) is 0 Å². The Morgan fingerprint density at radius 2 is 2.33 bits per heavy atom. The summed E-state index contributed by atoms with van der Waals surface area (Å²) >= 11 is 0. The predicted octanol–water partition coefficient (Wildman–Crippen LogP) is 0.250. The van der Waals surface area contributed by atoms with Crippen molar-refractivity contribution in [2.75, 3.05) is 5.84 Å². The van der Waals surface area contributed by atoms with Gasteiger partial charge in [0.2, 0.25) is 5.69 Å². The van der Waals surface area contributed by atoms with Crippen LogP contribution in [-0.4, -0.2) is 0 Å². The van der Waals surface area contributed by atoms with Crippen LogP contribution in [0.15, 0.2) is 24.4 Å². The van der Waals surface area contributed by atoms with Gasteiger partial charge in [-0.2, -0.15) is 0 Å². The minimum absolute atomic E-state index is 0.983. The Morgan fingerprint density at radius 3 is 2.78 bits per heavy atom. The van der Waals surface area contributed by atoms with Gasteiger partial charge in [0, 0.05) is 18.6 Å². The summed E-state index contributed by atoms with van der Waals surface area (Å²) in [7, 11) is 0. The number of hydrogen-bond donors (Lipinski definition) is 1. The smallest absolute Gasteiger partial charge is 0.205 e. The fraction of sp³-hybridized carbons (Fsp3) is 0.286. The van der Waals surface area contributed by atoms with Crippen molar-refractivity contribution in [1.82, 2.24) is 0 Å². The molecule has 0 radical (unpaired) electrons. The van der Waals surface area contributed by atoms with E-state index in [2.05, 4.69) is 6.92 Å². The lowest BCUT2D eigenvalue weighted by Gasteiger charge is -1.90. The first-order valence-electron chi connectivity index (χ1n) is 3.09. The number of aromatic nitrogens is 1. The molecule has 0 spiro atoms. The van der Waals surface area contributed by atoms with Crippen molar-refractivity contribution < 1.29 is 4.68 Å². The maximum absolute atomic E-state index is 5.55. The van der Waals surface area contributed by atoms with E-state index in [-0.39, 0.29) is 0 Å². The van der Waals surface area contributed by atoms with Gasteiger partial charge in [-0.15, -0.1) is 0 Å². The first-order chi connectivity index (χ1) is 4.34. The summed E-state index contributed by atoms with van der Waals surface area (Å²) in [5.74, 6) is 5.55. The predicted molar refractivity (Wildman–Crippen MR) is 36.2 cm³/mol. The molecule has 9 heavy (non-hydrogen) atoms. The summed E-state index contributed by atoms with van der Waals surface area (Å²) < 4.78 is 1.64. The molecule has 2 nitrogen and oxygen atoms in total. The molecule has 0 fully saturated rings. The van der Waals surface area contributed by atoms with Gasteiger partial charge in [0.05, 0.1) is 0 Å². The normalized spacial score (nSPS) is 9.44. The number of hydrogen-bond acceptors (Lipinski definition) is 1. The second-order valence-corrected chi connectivity index (χ2v) is 1.95. The highest BCUT2D eigenvalue weighted by Gasteiger charge is 1.99. The van der Waals surface area contributed by atoms with Crippen LogP contribution in [0.5, 0.6) is 0 Å². The van der Waals surface area contributed by atoms with Crippen LogP contribution in [0.3, 0.4) is 0 Å². The minimum Gasteiger partial charge on any atom is -0.205 e. The number of nitrogens with two attached hydrogens (primary N) is 1. The van der Waals surface area contributed by atoms with E-state index in [0.29, 0.717) is 0 Å². The van der Waals surface area contributed by atoms with E-state index < -0.39 is 0 Å². The zero-order chi connectivity index (χ0) is 6.69. The lowest BCUT2D eigenvalue weighted by atomic mass is 10.3. The fourth-order valence-corrected chi connectivity index (χ4v) is 0.791. The van der Waals surface area contributed by atoms with Crippen molar-refractivity contribution in [1.29, 1.82) is 0 Å². The number of pyridine rings is 1. The molecule has 1 heterocycles. The number of nitrogens with zero attached hydrogens (tertiary/aromatic N) is 1. The Balaban J connectivity index is 3.01.